The molecule has 1 saturated heterocycles. The average Bonchev–Trinajstić information content (AvgIpc) is 2.72. The Kier molecular flexibility index (Phi) is 2.97. The lowest BCUT2D eigenvalue weighted by atomic mass is 9.81. The molecular weight excluding hydrogens is 214 g/mol. The molecule has 4 nitrogen and oxygen atoms in total. The van der Waals surface area contributed by atoms with E-state index < -0.39 is 0 Å². The molecule has 4 heteroatoms. The minimum atomic E-state index is 0.0886. The van der Waals surface area contributed by atoms with E-state index in [2.05, 4.69) is 15.3 Å². The van der Waals surface area contributed by atoms with Gasteiger partial charge < -0.3 is 10.3 Å². The first-order valence-corrected chi connectivity index (χ1v) is 6.62. The summed E-state index contributed by atoms with van der Waals surface area (Å²) in [5.74, 6) is 1.95. The molecule has 2 aliphatic rings. The summed E-state index contributed by atoms with van der Waals surface area (Å²) < 4.78 is 0. The predicted octanol–water partition coefficient (Wildman–Crippen LogP) is 1.19. The van der Waals surface area contributed by atoms with Crippen LogP contribution in [0.5, 0.6) is 0 Å². The van der Waals surface area contributed by atoms with Crippen LogP contribution >= 0.6 is 0 Å². The molecule has 2 N–H and O–H groups in total. The van der Waals surface area contributed by atoms with E-state index in [1.165, 1.54) is 12.8 Å². The van der Waals surface area contributed by atoms with E-state index in [1.54, 1.807) is 6.20 Å². The average molecular weight is 233 g/mol. The van der Waals surface area contributed by atoms with Crippen LogP contribution in [0.1, 0.15) is 43.0 Å². The highest BCUT2D eigenvalue weighted by atomic mass is 16.1. The second-order valence-electron chi connectivity index (χ2n) is 5.31. The number of nitrogens with zero attached hydrogens (tertiary/aromatic N) is 1. The molecule has 0 radical (unpaired) electrons. The van der Waals surface area contributed by atoms with E-state index in [0.717, 1.165) is 43.7 Å². The van der Waals surface area contributed by atoms with Crippen molar-refractivity contribution in [1.82, 2.24) is 15.3 Å². The van der Waals surface area contributed by atoms with Gasteiger partial charge in [0.1, 0.15) is 5.82 Å². The third kappa shape index (κ3) is 2.27. The molecule has 1 aliphatic heterocycles. The molecule has 0 aromatic carbocycles. The summed E-state index contributed by atoms with van der Waals surface area (Å²) in [5.41, 5.74) is 0.982. The van der Waals surface area contributed by atoms with Gasteiger partial charge in [0.15, 0.2) is 0 Å². The fourth-order valence-electron chi connectivity index (χ4n) is 2.72. The smallest absolute Gasteiger partial charge is 0.254 e. The second-order valence-corrected chi connectivity index (χ2v) is 5.31. The van der Waals surface area contributed by atoms with Gasteiger partial charge in [0.25, 0.3) is 5.56 Å². The van der Waals surface area contributed by atoms with Gasteiger partial charge in [-0.15, -0.1) is 0 Å². The zero-order valence-corrected chi connectivity index (χ0v) is 10.0. The summed E-state index contributed by atoms with van der Waals surface area (Å²) in [7, 11) is 0. The number of aromatic amines is 1. The number of H-pyrrole nitrogens is 1. The zero-order valence-electron chi connectivity index (χ0n) is 10.0. The molecule has 1 aromatic heterocycles. The Morgan fingerprint density at radius 3 is 2.82 bits per heavy atom. The molecular formula is C13H19N3O. The van der Waals surface area contributed by atoms with Crippen LogP contribution in [0.2, 0.25) is 0 Å². The van der Waals surface area contributed by atoms with Crippen LogP contribution in [-0.4, -0.2) is 23.1 Å². The molecule has 0 spiro atoms. The Morgan fingerprint density at radius 2 is 2.24 bits per heavy atom. The van der Waals surface area contributed by atoms with Gasteiger partial charge in [-0.05, 0) is 44.2 Å². The molecule has 1 aromatic rings. The van der Waals surface area contributed by atoms with E-state index in [1.807, 2.05) is 0 Å². The van der Waals surface area contributed by atoms with Crippen LogP contribution in [0.4, 0.5) is 0 Å². The molecule has 92 valence electrons. The summed E-state index contributed by atoms with van der Waals surface area (Å²) in [6.45, 7) is 2.14. The highest BCUT2D eigenvalue weighted by Gasteiger charge is 2.23. The normalized spacial score (nSPS) is 24.8. The van der Waals surface area contributed by atoms with Gasteiger partial charge in [-0.3, -0.25) is 4.79 Å². The van der Waals surface area contributed by atoms with Crippen molar-refractivity contribution < 1.29 is 0 Å². The predicted molar refractivity (Wildman–Crippen MR) is 66.1 cm³/mol. The third-order valence-electron chi connectivity index (χ3n) is 4.07. The summed E-state index contributed by atoms with van der Waals surface area (Å²) in [5, 5.41) is 3.34. The van der Waals surface area contributed by atoms with E-state index in [-0.39, 0.29) is 5.56 Å². The van der Waals surface area contributed by atoms with Gasteiger partial charge in [0.2, 0.25) is 0 Å². The Morgan fingerprint density at radius 1 is 1.35 bits per heavy atom. The summed E-state index contributed by atoms with van der Waals surface area (Å²) in [4.78, 5) is 19.3. The minimum Gasteiger partial charge on any atom is -0.316 e. The first-order chi connectivity index (χ1) is 8.33. The monoisotopic (exact) mass is 233 g/mol. The first kappa shape index (κ1) is 11.0. The van der Waals surface area contributed by atoms with Gasteiger partial charge in [0.05, 0.1) is 0 Å². The van der Waals surface area contributed by atoms with Crippen molar-refractivity contribution in [3.05, 3.63) is 27.9 Å². The summed E-state index contributed by atoms with van der Waals surface area (Å²) in [6.07, 6.45) is 7.44. The van der Waals surface area contributed by atoms with E-state index in [4.69, 9.17) is 0 Å². The van der Waals surface area contributed by atoms with Gasteiger partial charge in [-0.2, -0.15) is 0 Å². The SMILES string of the molecule is O=c1[nH]c(CC2CCNC2)ncc1C1CCC1. The Hall–Kier alpha value is -1.16. The van der Waals surface area contributed by atoms with Gasteiger partial charge in [-0.1, -0.05) is 6.42 Å². The molecule has 2 fully saturated rings. The van der Waals surface area contributed by atoms with Crippen LogP contribution in [-0.2, 0) is 6.42 Å². The van der Waals surface area contributed by atoms with E-state index in [0.29, 0.717) is 11.8 Å². The Labute approximate surface area is 101 Å². The fraction of sp³-hybridized carbons (Fsp3) is 0.692. The molecule has 0 bridgehead atoms. The van der Waals surface area contributed by atoms with Crippen molar-refractivity contribution in [1.29, 1.82) is 0 Å². The van der Waals surface area contributed by atoms with Crippen LogP contribution in [0.15, 0.2) is 11.0 Å². The van der Waals surface area contributed by atoms with Gasteiger partial charge in [0, 0.05) is 18.2 Å². The number of hydrogen-bond acceptors (Lipinski definition) is 3. The molecule has 2 heterocycles. The maximum Gasteiger partial charge on any atom is 0.254 e. The highest BCUT2D eigenvalue weighted by molar-refractivity contribution is 5.15. The summed E-state index contributed by atoms with van der Waals surface area (Å²) in [6, 6.07) is 0. The maximum absolute atomic E-state index is 11.9. The fourth-order valence-corrected chi connectivity index (χ4v) is 2.72. The molecule has 1 atom stereocenters. The molecule has 17 heavy (non-hydrogen) atoms. The number of hydrogen-bond donors (Lipinski definition) is 2. The lowest BCUT2D eigenvalue weighted by Gasteiger charge is -2.24. The second kappa shape index (κ2) is 4.61. The first-order valence-electron chi connectivity index (χ1n) is 6.62. The minimum absolute atomic E-state index is 0.0886. The molecule has 1 unspecified atom stereocenters. The van der Waals surface area contributed by atoms with Gasteiger partial charge >= 0.3 is 0 Å². The number of aromatic nitrogens is 2. The lowest BCUT2D eigenvalue weighted by Crippen LogP contribution is -2.23. The third-order valence-corrected chi connectivity index (χ3v) is 4.07. The Balaban J connectivity index is 1.73. The van der Waals surface area contributed by atoms with Crippen molar-refractivity contribution in [3.8, 4) is 0 Å². The molecule has 1 saturated carbocycles. The summed E-state index contributed by atoms with van der Waals surface area (Å²) >= 11 is 0. The van der Waals surface area contributed by atoms with Crippen LogP contribution in [0.3, 0.4) is 0 Å². The van der Waals surface area contributed by atoms with Crippen LogP contribution in [0, 0.1) is 5.92 Å². The standard InChI is InChI=1S/C13H19N3O/c17-13-11(10-2-1-3-10)8-15-12(16-13)6-9-4-5-14-7-9/h8-10,14H,1-7H2,(H,15,16,17). The molecule has 3 rings (SSSR count). The van der Waals surface area contributed by atoms with Crippen molar-refractivity contribution in [2.45, 2.75) is 38.0 Å². The molecule has 0 amide bonds. The van der Waals surface area contributed by atoms with Crippen molar-refractivity contribution in [2.24, 2.45) is 5.92 Å². The Bertz CT molecular complexity index is 444. The van der Waals surface area contributed by atoms with Crippen LogP contribution < -0.4 is 10.9 Å². The van der Waals surface area contributed by atoms with Gasteiger partial charge in [-0.25, -0.2) is 4.98 Å². The van der Waals surface area contributed by atoms with E-state index >= 15 is 0 Å². The topological polar surface area (TPSA) is 57.8 Å². The lowest BCUT2D eigenvalue weighted by molar-refractivity contribution is 0.414. The molecule has 1 aliphatic carbocycles. The van der Waals surface area contributed by atoms with E-state index in [9.17, 15) is 4.79 Å². The number of nitrogens with one attached hydrogen (secondary N) is 2. The zero-order chi connectivity index (χ0) is 11.7. The van der Waals surface area contributed by atoms with Crippen molar-refractivity contribution in [3.63, 3.8) is 0 Å². The quantitative estimate of drug-likeness (QED) is 0.824. The largest absolute Gasteiger partial charge is 0.316 e. The van der Waals surface area contributed by atoms with Crippen molar-refractivity contribution >= 4 is 0 Å². The van der Waals surface area contributed by atoms with Crippen LogP contribution in [0.25, 0.3) is 0 Å². The highest BCUT2D eigenvalue weighted by Crippen LogP contribution is 2.34. The maximum atomic E-state index is 11.9. The number of rotatable bonds is 3. The van der Waals surface area contributed by atoms with Crippen molar-refractivity contribution in [2.75, 3.05) is 13.1 Å².